The SMILES string of the molecule is O=C(NC(=S)Nc1cc(Cl)c(O)c(Cl)c1)c1ccc([N+](=O)[O-])cc1. The first-order valence-electron chi connectivity index (χ1n) is 6.32. The number of aromatic hydroxyl groups is 1. The summed E-state index contributed by atoms with van der Waals surface area (Å²) >= 11 is 16.6. The van der Waals surface area contributed by atoms with Gasteiger partial charge in [0.15, 0.2) is 10.9 Å². The number of hydrogen-bond acceptors (Lipinski definition) is 5. The van der Waals surface area contributed by atoms with Gasteiger partial charge in [0.2, 0.25) is 0 Å². The first-order valence-corrected chi connectivity index (χ1v) is 7.49. The van der Waals surface area contributed by atoms with Crippen molar-refractivity contribution in [1.29, 1.82) is 0 Å². The van der Waals surface area contributed by atoms with E-state index in [0.29, 0.717) is 5.69 Å². The number of thiocarbonyl (C=S) groups is 1. The summed E-state index contributed by atoms with van der Waals surface area (Å²) in [4.78, 5) is 22.0. The minimum atomic E-state index is -0.563. The van der Waals surface area contributed by atoms with E-state index < -0.39 is 10.8 Å². The molecule has 0 bridgehead atoms. The molecule has 0 heterocycles. The number of nitrogens with zero attached hydrogens (tertiary/aromatic N) is 1. The summed E-state index contributed by atoms with van der Waals surface area (Å²) in [5.74, 6) is -0.803. The summed E-state index contributed by atoms with van der Waals surface area (Å²) in [6, 6.07) is 7.81. The summed E-state index contributed by atoms with van der Waals surface area (Å²) in [6.45, 7) is 0. The zero-order valence-electron chi connectivity index (χ0n) is 11.7. The number of nitro benzene ring substituents is 1. The molecule has 0 saturated heterocycles. The minimum Gasteiger partial charge on any atom is -0.505 e. The Kier molecular flexibility index (Phi) is 5.55. The molecule has 0 aliphatic rings. The van der Waals surface area contributed by atoms with Gasteiger partial charge >= 0.3 is 0 Å². The highest BCUT2D eigenvalue weighted by molar-refractivity contribution is 7.80. The van der Waals surface area contributed by atoms with Gasteiger partial charge in [0, 0.05) is 23.4 Å². The van der Waals surface area contributed by atoms with Gasteiger partial charge in [-0.1, -0.05) is 23.2 Å². The number of nitrogens with one attached hydrogen (secondary N) is 2. The number of carbonyl (C=O) groups excluding carboxylic acids is 1. The number of hydrogen-bond donors (Lipinski definition) is 3. The Morgan fingerprint density at radius 3 is 2.21 bits per heavy atom. The molecule has 7 nitrogen and oxygen atoms in total. The summed E-state index contributed by atoms with van der Waals surface area (Å²) in [5, 5.41) is 25.2. The molecule has 0 unspecified atom stereocenters. The van der Waals surface area contributed by atoms with Gasteiger partial charge in [-0.05, 0) is 36.5 Å². The van der Waals surface area contributed by atoms with Gasteiger partial charge in [0.25, 0.3) is 11.6 Å². The molecule has 0 aromatic heterocycles. The molecule has 1 amide bonds. The third-order valence-electron chi connectivity index (χ3n) is 2.84. The number of carbonyl (C=O) groups is 1. The van der Waals surface area contributed by atoms with E-state index in [1.165, 1.54) is 36.4 Å². The number of halogens is 2. The monoisotopic (exact) mass is 385 g/mol. The third-order valence-corrected chi connectivity index (χ3v) is 3.62. The quantitative estimate of drug-likeness (QED) is 0.321. The number of phenolic OH excluding ortho intramolecular Hbond substituents is 1. The number of anilines is 1. The van der Waals surface area contributed by atoms with E-state index in [1.807, 2.05) is 0 Å². The number of benzene rings is 2. The standard InChI is InChI=1S/C14H9Cl2N3O4S/c15-10-5-8(6-11(16)12(10)20)17-14(24)18-13(21)7-1-3-9(4-2-7)19(22)23/h1-6,20H,(H2,17,18,21,24). The van der Waals surface area contributed by atoms with Gasteiger partial charge in [-0.25, -0.2) is 0 Å². The van der Waals surface area contributed by atoms with E-state index in [-0.39, 0.29) is 32.2 Å². The average Bonchev–Trinajstić information content (AvgIpc) is 2.52. The van der Waals surface area contributed by atoms with Crippen molar-refractivity contribution >= 4 is 57.8 Å². The normalized spacial score (nSPS) is 10.1. The molecule has 0 spiro atoms. The van der Waals surface area contributed by atoms with Crippen LogP contribution in [0.1, 0.15) is 10.4 Å². The molecule has 0 fully saturated rings. The van der Waals surface area contributed by atoms with Crippen molar-refractivity contribution in [1.82, 2.24) is 5.32 Å². The summed E-state index contributed by atoms with van der Waals surface area (Å²) in [7, 11) is 0. The molecule has 2 rings (SSSR count). The van der Waals surface area contributed by atoms with Gasteiger partial charge in [-0.15, -0.1) is 0 Å². The van der Waals surface area contributed by atoms with Gasteiger partial charge in [0.1, 0.15) is 0 Å². The Labute approximate surface area is 151 Å². The molecular formula is C14H9Cl2N3O4S. The number of phenols is 1. The van der Waals surface area contributed by atoms with Crippen LogP contribution in [0, 0.1) is 10.1 Å². The predicted octanol–water partition coefficient (Wildman–Crippen LogP) is 3.73. The Bertz CT molecular complexity index is 804. The summed E-state index contributed by atoms with van der Waals surface area (Å²) in [5.41, 5.74) is 0.448. The first-order chi connectivity index (χ1) is 11.3. The largest absolute Gasteiger partial charge is 0.505 e. The van der Waals surface area contributed by atoms with Crippen LogP contribution < -0.4 is 10.6 Å². The zero-order chi connectivity index (χ0) is 17.9. The van der Waals surface area contributed by atoms with Crippen molar-refractivity contribution in [3.05, 3.63) is 62.1 Å². The lowest BCUT2D eigenvalue weighted by molar-refractivity contribution is -0.384. The van der Waals surface area contributed by atoms with Gasteiger partial charge in [0.05, 0.1) is 15.0 Å². The maximum absolute atomic E-state index is 12.0. The molecule has 2 aromatic rings. The maximum atomic E-state index is 12.0. The van der Waals surface area contributed by atoms with Crippen LogP contribution in [0.15, 0.2) is 36.4 Å². The predicted molar refractivity (Wildman–Crippen MR) is 94.9 cm³/mol. The van der Waals surface area contributed by atoms with Gasteiger partial charge in [-0.2, -0.15) is 0 Å². The topological polar surface area (TPSA) is 104 Å². The highest BCUT2D eigenvalue weighted by atomic mass is 35.5. The van der Waals surface area contributed by atoms with E-state index >= 15 is 0 Å². The molecule has 0 saturated carbocycles. The van der Waals surface area contributed by atoms with Crippen LogP contribution in [0.2, 0.25) is 10.0 Å². The summed E-state index contributed by atoms with van der Waals surface area (Å²) in [6.07, 6.45) is 0. The van der Waals surface area contributed by atoms with Crippen LogP contribution in [0.3, 0.4) is 0 Å². The molecule has 0 aliphatic heterocycles. The molecule has 124 valence electrons. The van der Waals surface area contributed by atoms with Crippen LogP contribution in [0.4, 0.5) is 11.4 Å². The third kappa shape index (κ3) is 4.31. The van der Waals surface area contributed by atoms with E-state index in [9.17, 15) is 20.0 Å². The van der Waals surface area contributed by atoms with Crippen molar-refractivity contribution in [2.75, 3.05) is 5.32 Å². The van der Waals surface area contributed by atoms with Crippen LogP contribution in [0.25, 0.3) is 0 Å². The maximum Gasteiger partial charge on any atom is 0.269 e. The second-order valence-electron chi connectivity index (χ2n) is 4.50. The first kappa shape index (κ1) is 17.9. The number of nitro groups is 1. The lowest BCUT2D eigenvalue weighted by Gasteiger charge is -2.11. The Hall–Kier alpha value is -2.42. The number of amides is 1. The number of non-ortho nitro benzene ring substituents is 1. The Morgan fingerprint density at radius 2 is 1.71 bits per heavy atom. The highest BCUT2D eigenvalue weighted by Gasteiger charge is 2.12. The van der Waals surface area contributed by atoms with Crippen LogP contribution >= 0.6 is 35.4 Å². The second-order valence-corrected chi connectivity index (χ2v) is 5.72. The molecule has 24 heavy (non-hydrogen) atoms. The van der Waals surface area contributed by atoms with Crippen LogP contribution in [0.5, 0.6) is 5.75 Å². The van der Waals surface area contributed by atoms with Crippen LogP contribution in [-0.2, 0) is 0 Å². The lowest BCUT2D eigenvalue weighted by atomic mass is 10.2. The van der Waals surface area contributed by atoms with E-state index in [2.05, 4.69) is 10.6 Å². The fourth-order valence-electron chi connectivity index (χ4n) is 1.71. The average molecular weight is 386 g/mol. The van der Waals surface area contributed by atoms with Crippen molar-refractivity contribution in [2.24, 2.45) is 0 Å². The molecule has 10 heteroatoms. The number of rotatable bonds is 3. The molecule has 3 N–H and O–H groups in total. The van der Waals surface area contributed by atoms with E-state index in [0.717, 1.165) is 0 Å². The fraction of sp³-hybridized carbons (Fsp3) is 0. The molecular weight excluding hydrogens is 377 g/mol. The highest BCUT2D eigenvalue weighted by Crippen LogP contribution is 2.34. The van der Waals surface area contributed by atoms with E-state index in [4.69, 9.17) is 35.4 Å². The van der Waals surface area contributed by atoms with Crippen molar-refractivity contribution in [3.63, 3.8) is 0 Å². The van der Waals surface area contributed by atoms with E-state index in [1.54, 1.807) is 0 Å². The van der Waals surface area contributed by atoms with Crippen molar-refractivity contribution in [2.45, 2.75) is 0 Å². The van der Waals surface area contributed by atoms with Crippen molar-refractivity contribution < 1.29 is 14.8 Å². The molecule has 0 radical (unpaired) electrons. The molecule has 0 aliphatic carbocycles. The minimum absolute atomic E-state index is 0.0227. The fourth-order valence-corrected chi connectivity index (χ4v) is 2.41. The Morgan fingerprint density at radius 1 is 1.17 bits per heavy atom. The molecule has 0 atom stereocenters. The zero-order valence-corrected chi connectivity index (χ0v) is 14.1. The Balaban J connectivity index is 2.04. The van der Waals surface area contributed by atoms with Gasteiger partial charge < -0.3 is 10.4 Å². The molecule has 2 aromatic carbocycles. The summed E-state index contributed by atoms with van der Waals surface area (Å²) < 4.78 is 0. The van der Waals surface area contributed by atoms with Crippen LogP contribution in [-0.4, -0.2) is 21.0 Å². The van der Waals surface area contributed by atoms with Crippen molar-refractivity contribution in [3.8, 4) is 5.75 Å². The van der Waals surface area contributed by atoms with Gasteiger partial charge in [-0.3, -0.25) is 20.2 Å². The second kappa shape index (κ2) is 7.43. The smallest absolute Gasteiger partial charge is 0.269 e. The lowest BCUT2D eigenvalue weighted by Crippen LogP contribution is -2.34.